The lowest BCUT2D eigenvalue weighted by Crippen LogP contribution is -2.19. The summed E-state index contributed by atoms with van der Waals surface area (Å²) in [6.07, 6.45) is 0.771. The van der Waals surface area contributed by atoms with Crippen LogP contribution in [0.2, 0.25) is 0 Å². The van der Waals surface area contributed by atoms with E-state index >= 15 is 0 Å². The standard InChI is InChI=1S/C14H17N3O3/c1-4-8(2)13(18)15-9-5-6-11-10(7-9)12(17-16-11)14(19)20-3/h5-8H,4H2,1-3H3,(H,15,18)(H,16,17)/t8-/m0/s1. The molecular formula is C14H17N3O3. The van der Waals surface area contributed by atoms with Crippen molar-refractivity contribution in [3.05, 3.63) is 23.9 Å². The van der Waals surface area contributed by atoms with Crippen LogP contribution in [0.25, 0.3) is 10.9 Å². The molecule has 0 aliphatic rings. The van der Waals surface area contributed by atoms with E-state index in [1.165, 1.54) is 7.11 Å². The van der Waals surface area contributed by atoms with Crippen LogP contribution in [0.4, 0.5) is 5.69 Å². The molecule has 0 radical (unpaired) electrons. The number of anilines is 1. The van der Waals surface area contributed by atoms with E-state index in [1.807, 2.05) is 13.8 Å². The van der Waals surface area contributed by atoms with Crippen molar-refractivity contribution in [2.45, 2.75) is 20.3 Å². The number of carbonyl (C=O) groups excluding carboxylic acids is 2. The van der Waals surface area contributed by atoms with Crippen LogP contribution in [-0.2, 0) is 9.53 Å². The summed E-state index contributed by atoms with van der Waals surface area (Å²) in [5.41, 5.74) is 1.56. The van der Waals surface area contributed by atoms with E-state index in [-0.39, 0.29) is 17.5 Å². The highest BCUT2D eigenvalue weighted by molar-refractivity contribution is 6.04. The number of fused-ring (bicyclic) bond motifs is 1. The van der Waals surface area contributed by atoms with E-state index in [2.05, 4.69) is 20.3 Å². The maximum Gasteiger partial charge on any atom is 0.359 e. The Morgan fingerprint density at radius 1 is 1.45 bits per heavy atom. The third kappa shape index (κ3) is 2.64. The smallest absolute Gasteiger partial charge is 0.359 e. The lowest BCUT2D eigenvalue weighted by molar-refractivity contribution is -0.119. The van der Waals surface area contributed by atoms with Gasteiger partial charge in [0.15, 0.2) is 5.69 Å². The van der Waals surface area contributed by atoms with Crippen LogP contribution in [-0.4, -0.2) is 29.2 Å². The summed E-state index contributed by atoms with van der Waals surface area (Å²) in [6.45, 7) is 3.82. The fourth-order valence-electron chi connectivity index (χ4n) is 1.79. The second-order valence-electron chi connectivity index (χ2n) is 4.62. The van der Waals surface area contributed by atoms with E-state index in [4.69, 9.17) is 0 Å². The van der Waals surface area contributed by atoms with E-state index in [0.717, 1.165) is 6.42 Å². The Morgan fingerprint density at radius 2 is 2.20 bits per heavy atom. The first-order chi connectivity index (χ1) is 9.56. The van der Waals surface area contributed by atoms with Gasteiger partial charge in [0, 0.05) is 17.0 Å². The van der Waals surface area contributed by atoms with Crippen LogP contribution in [0.15, 0.2) is 18.2 Å². The quantitative estimate of drug-likeness (QED) is 0.839. The van der Waals surface area contributed by atoms with E-state index in [1.54, 1.807) is 18.2 Å². The molecule has 1 amide bonds. The molecule has 0 saturated heterocycles. The molecule has 0 bridgehead atoms. The van der Waals surface area contributed by atoms with Crippen molar-refractivity contribution in [3.8, 4) is 0 Å². The number of aromatic nitrogens is 2. The van der Waals surface area contributed by atoms with Crippen molar-refractivity contribution in [1.29, 1.82) is 0 Å². The Morgan fingerprint density at radius 3 is 2.85 bits per heavy atom. The molecule has 2 aromatic rings. The summed E-state index contributed by atoms with van der Waals surface area (Å²) in [7, 11) is 1.30. The number of methoxy groups -OCH3 is 1. The van der Waals surface area contributed by atoms with Gasteiger partial charge in [0.05, 0.1) is 12.6 Å². The van der Waals surface area contributed by atoms with Gasteiger partial charge in [-0.15, -0.1) is 0 Å². The monoisotopic (exact) mass is 275 g/mol. The summed E-state index contributed by atoms with van der Waals surface area (Å²) >= 11 is 0. The molecule has 106 valence electrons. The van der Waals surface area contributed by atoms with Crippen LogP contribution in [0.3, 0.4) is 0 Å². The lowest BCUT2D eigenvalue weighted by Gasteiger charge is -2.09. The molecule has 2 rings (SSSR count). The van der Waals surface area contributed by atoms with Gasteiger partial charge in [-0.3, -0.25) is 9.89 Å². The van der Waals surface area contributed by atoms with E-state index < -0.39 is 5.97 Å². The van der Waals surface area contributed by atoms with Crippen LogP contribution in [0, 0.1) is 5.92 Å². The Balaban J connectivity index is 2.32. The van der Waals surface area contributed by atoms with Crippen molar-refractivity contribution in [2.75, 3.05) is 12.4 Å². The maximum absolute atomic E-state index is 11.9. The Hall–Kier alpha value is -2.37. The van der Waals surface area contributed by atoms with Crippen molar-refractivity contribution in [2.24, 2.45) is 5.92 Å². The number of hydrogen-bond donors (Lipinski definition) is 2. The van der Waals surface area contributed by atoms with Crippen molar-refractivity contribution in [3.63, 3.8) is 0 Å². The molecule has 6 nitrogen and oxygen atoms in total. The zero-order chi connectivity index (χ0) is 14.7. The first kappa shape index (κ1) is 14.0. The second-order valence-corrected chi connectivity index (χ2v) is 4.62. The third-order valence-electron chi connectivity index (χ3n) is 3.27. The second kappa shape index (κ2) is 5.73. The zero-order valence-corrected chi connectivity index (χ0v) is 11.7. The normalized spacial score (nSPS) is 12.2. The van der Waals surface area contributed by atoms with Gasteiger partial charge in [-0.25, -0.2) is 4.79 Å². The number of H-pyrrole nitrogens is 1. The van der Waals surface area contributed by atoms with E-state index in [9.17, 15) is 9.59 Å². The number of amides is 1. The first-order valence-corrected chi connectivity index (χ1v) is 6.44. The SMILES string of the molecule is CC[C@H](C)C(=O)Nc1ccc2[nH]nc(C(=O)OC)c2c1. The van der Waals surface area contributed by atoms with Gasteiger partial charge >= 0.3 is 5.97 Å². The Bertz CT molecular complexity index is 648. The molecule has 0 saturated carbocycles. The van der Waals surface area contributed by atoms with Crippen LogP contribution in [0.5, 0.6) is 0 Å². The minimum absolute atomic E-state index is 0.0463. The molecule has 0 spiro atoms. The average Bonchev–Trinajstić information content (AvgIpc) is 2.88. The molecule has 1 heterocycles. The fourth-order valence-corrected chi connectivity index (χ4v) is 1.79. The van der Waals surface area contributed by atoms with Gasteiger partial charge < -0.3 is 10.1 Å². The molecule has 0 fully saturated rings. The molecule has 1 atom stereocenters. The van der Waals surface area contributed by atoms with Crippen molar-refractivity contribution in [1.82, 2.24) is 10.2 Å². The third-order valence-corrected chi connectivity index (χ3v) is 3.27. The highest BCUT2D eigenvalue weighted by Crippen LogP contribution is 2.21. The van der Waals surface area contributed by atoms with E-state index in [0.29, 0.717) is 16.6 Å². The maximum atomic E-state index is 11.9. The highest BCUT2D eigenvalue weighted by Gasteiger charge is 2.16. The predicted molar refractivity (Wildman–Crippen MR) is 75.5 cm³/mol. The number of nitrogens with one attached hydrogen (secondary N) is 2. The summed E-state index contributed by atoms with van der Waals surface area (Å²) < 4.78 is 4.67. The molecule has 2 N–H and O–H groups in total. The van der Waals surface area contributed by atoms with Crippen LogP contribution >= 0.6 is 0 Å². The number of benzene rings is 1. The van der Waals surface area contributed by atoms with Gasteiger partial charge in [-0.1, -0.05) is 13.8 Å². The molecule has 0 aliphatic heterocycles. The molecule has 1 aromatic heterocycles. The van der Waals surface area contributed by atoms with Gasteiger partial charge in [-0.05, 0) is 24.6 Å². The molecule has 20 heavy (non-hydrogen) atoms. The number of rotatable bonds is 4. The van der Waals surface area contributed by atoms with Gasteiger partial charge in [-0.2, -0.15) is 5.10 Å². The number of nitrogens with zero attached hydrogens (tertiary/aromatic N) is 1. The molecule has 0 unspecified atom stereocenters. The van der Waals surface area contributed by atoms with Crippen LogP contribution < -0.4 is 5.32 Å². The molecule has 1 aromatic carbocycles. The molecule has 6 heteroatoms. The largest absolute Gasteiger partial charge is 0.464 e. The molecular weight excluding hydrogens is 258 g/mol. The Kier molecular flexibility index (Phi) is 4.02. The first-order valence-electron chi connectivity index (χ1n) is 6.44. The summed E-state index contributed by atoms with van der Waals surface area (Å²) in [4.78, 5) is 23.5. The summed E-state index contributed by atoms with van der Waals surface area (Å²) in [5.74, 6) is -0.619. The van der Waals surface area contributed by atoms with Crippen molar-refractivity contribution >= 4 is 28.5 Å². The Labute approximate surface area is 116 Å². The fraction of sp³-hybridized carbons (Fsp3) is 0.357. The average molecular weight is 275 g/mol. The number of hydrogen-bond acceptors (Lipinski definition) is 4. The summed E-state index contributed by atoms with van der Waals surface area (Å²) in [5, 5.41) is 10.1. The minimum Gasteiger partial charge on any atom is -0.464 e. The van der Waals surface area contributed by atoms with Crippen LogP contribution in [0.1, 0.15) is 30.8 Å². The zero-order valence-electron chi connectivity index (χ0n) is 11.7. The van der Waals surface area contributed by atoms with Gasteiger partial charge in [0.1, 0.15) is 0 Å². The topological polar surface area (TPSA) is 84.1 Å². The lowest BCUT2D eigenvalue weighted by atomic mass is 10.1. The highest BCUT2D eigenvalue weighted by atomic mass is 16.5. The summed E-state index contributed by atoms with van der Waals surface area (Å²) in [6, 6.07) is 5.24. The number of esters is 1. The number of ether oxygens (including phenoxy) is 1. The minimum atomic E-state index is -0.512. The number of carbonyl (C=O) groups is 2. The van der Waals surface area contributed by atoms with Gasteiger partial charge in [0.25, 0.3) is 0 Å². The molecule has 0 aliphatic carbocycles. The predicted octanol–water partition coefficient (Wildman–Crippen LogP) is 2.33. The van der Waals surface area contributed by atoms with Crippen molar-refractivity contribution < 1.29 is 14.3 Å². The van der Waals surface area contributed by atoms with Gasteiger partial charge in [0.2, 0.25) is 5.91 Å². The number of aromatic amines is 1.